The zero-order valence-corrected chi connectivity index (χ0v) is 12.8. The Labute approximate surface area is 133 Å². The topological polar surface area (TPSA) is 59.3 Å². The van der Waals surface area contributed by atoms with Gasteiger partial charge in [0.2, 0.25) is 17.2 Å². The molecule has 0 saturated heterocycles. The monoisotopic (exact) mass is 305 g/mol. The summed E-state index contributed by atoms with van der Waals surface area (Å²) in [5.74, 6) is -1.10. The number of carbonyl (C=O) groups is 2. The fourth-order valence-electron chi connectivity index (χ4n) is 3.68. The van der Waals surface area contributed by atoms with E-state index in [0.29, 0.717) is 5.69 Å². The summed E-state index contributed by atoms with van der Waals surface area (Å²) in [6, 6.07) is 14.2. The van der Waals surface area contributed by atoms with Crippen molar-refractivity contribution in [2.75, 3.05) is 0 Å². The van der Waals surface area contributed by atoms with Crippen molar-refractivity contribution in [1.82, 2.24) is 4.57 Å². The molecule has 0 amide bonds. The molecule has 3 aromatic rings. The number of aromatic nitrogens is 1. The van der Waals surface area contributed by atoms with E-state index >= 15 is 0 Å². The molecule has 4 heteroatoms. The summed E-state index contributed by atoms with van der Waals surface area (Å²) in [4.78, 5) is 25.7. The molecule has 0 unspecified atom stereocenters. The number of nitrogens with zero attached hydrogens (tertiary/aromatic N) is 1. The molecule has 1 aliphatic rings. The molecular weight excluding hydrogens is 290 g/mol. The fraction of sp³-hybridized carbons (Fsp3) is 0.158. The highest BCUT2D eigenvalue weighted by Crippen LogP contribution is 2.41. The molecule has 4 nitrogen and oxygen atoms in total. The maximum Gasteiger partial charge on any atom is 0.231 e. The van der Waals surface area contributed by atoms with Crippen molar-refractivity contribution in [2.24, 2.45) is 7.05 Å². The maximum atomic E-state index is 12.8. The van der Waals surface area contributed by atoms with Gasteiger partial charge in [-0.3, -0.25) is 9.59 Å². The van der Waals surface area contributed by atoms with E-state index in [1.165, 1.54) is 0 Å². The standard InChI is InChI=1S/C19H15NO3/c1-11-12-7-5-6-10-15(12)20(2)16(11)19(23)17(21)13-8-3-4-9-14(13)18(19)22/h3-10,23H,1-2H3. The van der Waals surface area contributed by atoms with Crippen LogP contribution in [0, 0.1) is 6.92 Å². The van der Waals surface area contributed by atoms with E-state index in [1.807, 2.05) is 31.2 Å². The average molecular weight is 305 g/mol. The second-order valence-corrected chi connectivity index (χ2v) is 5.96. The molecule has 0 aliphatic heterocycles. The zero-order valence-electron chi connectivity index (χ0n) is 12.8. The number of ketones is 2. The first kappa shape index (κ1) is 13.9. The van der Waals surface area contributed by atoms with E-state index in [2.05, 4.69) is 0 Å². The van der Waals surface area contributed by atoms with Gasteiger partial charge in [-0.05, 0) is 18.6 Å². The third-order valence-corrected chi connectivity index (χ3v) is 4.78. The highest BCUT2D eigenvalue weighted by Gasteiger charge is 2.55. The van der Waals surface area contributed by atoms with Crippen molar-refractivity contribution in [3.05, 3.63) is 70.9 Å². The van der Waals surface area contributed by atoms with Gasteiger partial charge in [-0.25, -0.2) is 0 Å². The summed E-state index contributed by atoms with van der Waals surface area (Å²) < 4.78 is 1.74. The predicted octanol–water partition coefficient (Wildman–Crippen LogP) is 2.75. The lowest BCUT2D eigenvalue weighted by Crippen LogP contribution is -2.40. The van der Waals surface area contributed by atoms with Gasteiger partial charge in [0.1, 0.15) is 0 Å². The number of aliphatic hydroxyl groups is 1. The van der Waals surface area contributed by atoms with Gasteiger partial charge in [0.15, 0.2) is 0 Å². The Balaban J connectivity index is 2.06. The van der Waals surface area contributed by atoms with Crippen LogP contribution in [0.4, 0.5) is 0 Å². The second kappa shape index (κ2) is 4.40. The first-order valence-corrected chi connectivity index (χ1v) is 7.43. The second-order valence-electron chi connectivity index (χ2n) is 5.96. The number of Topliss-reactive ketones (excluding diaryl/α,β-unsaturated/α-hetero) is 2. The average Bonchev–Trinajstić information content (AvgIpc) is 2.94. The minimum absolute atomic E-state index is 0.282. The van der Waals surface area contributed by atoms with Gasteiger partial charge in [-0.15, -0.1) is 0 Å². The van der Waals surface area contributed by atoms with Gasteiger partial charge in [-0.2, -0.15) is 0 Å². The van der Waals surface area contributed by atoms with Crippen molar-refractivity contribution in [1.29, 1.82) is 0 Å². The van der Waals surface area contributed by atoms with Gasteiger partial charge < -0.3 is 9.67 Å². The normalized spacial score (nSPS) is 16.1. The minimum Gasteiger partial charge on any atom is -0.369 e. The summed E-state index contributed by atoms with van der Waals surface area (Å²) >= 11 is 0. The van der Waals surface area contributed by atoms with E-state index in [1.54, 1.807) is 35.9 Å². The van der Waals surface area contributed by atoms with Crippen LogP contribution in [0.15, 0.2) is 48.5 Å². The summed E-state index contributed by atoms with van der Waals surface area (Å²) in [5, 5.41) is 12.1. The number of benzene rings is 2. The summed E-state index contributed by atoms with van der Waals surface area (Å²) in [6.45, 7) is 1.83. The smallest absolute Gasteiger partial charge is 0.231 e. The van der Waals surface area contributed by atoms with Crippen molar-refractivity contribution in [3.8, 4) is 0 Å². The Morgan fingerprint density at radius 2 is 1.43 bits per heavy atom. The SMILES string of the molecule is Cc1c(C2(O)C(=O)c3ccccc3C2=O)n(C)c2ccccc12. The number of carbonyl (C=O) groups excluding carboxylic acids is 2. The van der Waals surface area contributed by atoms with E-state index in [0.717, 1.165) is 16.5 Å². The number of hydrogen-bond acceptors (Lipinski definition) is 3. The van der Waals surface area contributed by atoms with Crippen LogP contribution >= 0.6 is 0 Å². The molecule has 1 aromatic heterocycles. The third kappa shape index (κ3) is 1.53. The fourth-order valence-corrected chi connectivity index (χ4v) is 3.68. The Morgan fingerprint density at radius 3 is 2.00 bits per heavy atom. The van der Waals surface area contributed by atoms with Gasteiger partial charge in [0, 0.05) is 29.1 Å². The molecule has 2 aromatic carbocycles. The van der Waals surface area contributed by atoms with Crippen molar-refractivity contribution >= 4 is 22.5 Å². The summed E-state index contributed by atoms with van der Waals surface area (Å²) in [7, 11) is 1.77. The lowest BCUT2D eigenvalue weighted by atomic mass is 9.90. The molecule has 0 spiro atoms. The lowest BCUT2D eigenvalue weighted by Gasteiger charge is -2.21. The lowest BCUT2D eigenvalue weighted by molar-refractivity contribution is 0.0295. The Kier molecular flexibility index (Phi) is 2.66. The first-order valence-electron chi connectivity index (χ1n) is 7.43. The van der Waals surface area contributed by atoms with E-state index in [9.17, 15) is 14.7 Å². The van der Waals surface area contributed by atoms with Crippen LogP contribution in [0.2, 0.25) is 0 Å². The maximum absolute atomic E-state index is 12.8. The van der Waals surface area contributed by atoms with Crippen molar-refractivity contribution in [2.45, 2.75) is 12.5 Å². The molecule has 1 N–H and O–H groups in total. The number of aryl methyl sites for hydroxylation is 2. The highest BCUT2D eigenvalue weighted by atomic mass is 16.3. The summed E-state index contributed by atoms with van der Waals surface area (Å²) in [5.41, 5.74) is 0.394. The highest BCUT2D eigenvalue weighted by molar-refractivity contribution is 6.32. The number of fused-ring (bicyclic) bond motifs is 2. The minimum atomic E-state index is -2.15. The van der Waals surface area contributed by atoms with Gasteiger partial charge in [0.25, 0.3) is 0 Å². The quantitative estimate of drug-likeness (QED) is 0.703. The van der Waals surface area contributed by atoms with E-state index in [-0.39, 0.29) is 11.1 Å². The first-order chi connectivity index (χ1) is 11.0. The molecule has 4 rings (SSSR count). The Hall–Kier alpha value is -2.72. The molecule has 114 valence electrons. The predicted molar refractivity (Wildman–Crippen MR) is 86.7 cm³/mol. The summed E-state index contributed by atoms with van der Waals surface area (Å²) in [6.07, 6.45) is 0. The molecule has 1 aliphatic carbocycles. The van der Waals surface area contributed by atoms with Gasteiger partial charge in [0.05, 0.1) is 5.69 Å². The van der Waals surface area contributed by atoms with Gasteiger partial charge >= 0.3 is 0 Å². The van der Waals surface area contributed by atoms with Crippen LogP contribution in [0.25, 0.3) is 10.9 Å². The zero-order chi connectivity index (χ0) is 16.4. The van der Waals surface area contributed by atoms with Crippen LogP contribution in [0.5, 0.6) is 0 Å². The van der Waals surface area contributed by atoms with Gasteiger partial charge in [-0.1, -0.05) is 42.5 Å². The molecule has 0 saturated carbocycles. The van der Waals surface area contributed by atoms with E-state index < -0.39 is 17.2 Å². The molecule has 0 fully saturated rings. The molecule has 1 heterocycles. The van der Waals surface area contributed by atoms with Crippen LogP contribution in [-0.4, -0.2) is 21.2 Å². The number of rotatable bonds is 1. The van der Waals surface area contributed by atoms with Crippen molar-refractivity contribution < 1.29 is 14.7 Å². The molecular formula is C19H15NO3. The van der Waals surface area contributed by atoms with Crippen LogP contribution < -0.4 is 0 Å². The van der Waals surface area contributed by atoms with E-state index in [4.69, 9.17) is 0 Å². The number of para-hydroxylation sites is 1. The van der Waals surface area contributed by atoms with Crippen LogP contribution in [-0.2, 0) is 12.6 Å². The number of hydrogen-bond donors (Lipinski definition) is 1. The molecule has 0 bridgehead atoms. The van der Waals surface area contributed by atoms with Crippen LogP contribution in [0.3, 0.4) is 0 Å². The van der Waals surface area contributed by atoms with Crippen molar-refractivity contribution in [3.63, 3.8) is 0 Å². The molecule has 0 radical (unpaired) electrons. The largest absolute Gasteiger partial charge is 0.369 e. The Bertz CT molecular complexity index is 923. The Morgan fingerprint density at radius 1 is 0.913 bits per heavy atom. The van der Waals surface area contributed by atoms with Crippen LogP contribution in [0.1, 0.15) is 32.0 Å². The third-order valence-electron chi connectivity index (χ3n) is 4.78. The molecule has 23 heavy (non-hydrogen) atoms. The molecule has 0 atom stereocenters.